The number of hydrogen-bond donors (Lipinski definition) is 0. The quantitative estimate of drug-likeness (QED) is 0.803. The van der Waals surface area contributed by atoms with Crippen molar-refractivity contribution in [2.24, 2.45) is 5.92 Å². The van der Waals surface area contributed by atoms with Gasteiger partial charge in [-0.15, -0.1) is 0 Å². The van der Waals surface area contributed by atoms with Gasteiger partial charge in [0.1, 0.15) is 11.6 Å². The number of rotatable bonds is 4. The van der Waals surface area contributed by atoms with Crippen molar-refractivity contribution in [2.45, 2.75) is 26.2 Å². The fourth-order valence-electron chi connectivity index (χ4n) is 2.18. The average molecular weight is 236 g/mol. The maximum atomic E-state index is 13.1. The molecule has 1 aromatic rings. The summed E-state index contributed by atoms with van der Waals surface area (Å²) in [5.74, 6) is 0.258. The molecule has 1 saturated heterocycles. The van der Waals surface area contributed by atoms with Crippen LogP contribution in [-0.4, -0.2) is 19.0 Å². The molecule has 1 aliphatic heterocycles. The Balaban J connectivity index is 1.95. The van der Waals surface area contributed by atoms with Gasteiger partial charge in [-0.1, -0.05) is 6.07 Å². The number of benzene rings is 1. The molecule has 1 aromatic carbocycles. The summed E-state index contributed by atoms with van der Waals surface area (Å²) < 4.78 is 18.3. The standard InChI is InChI=1S/C14H17FO2/c1-10-2-3-13(15)7-12(10)8-14(16)6-11-4-5-17-9-11/h2-3,7,11H,4-6,8-9H2,1H3. The summed E-state index contributed by atoms with van der Waals surface area (Å²) in [4.78, 5) is 11.9. The van der Waals surface area contributed by atoms with Crippen LogP contribution in [0.2, 0.25) is 0 Å². The molecule has 0 bridgehead atoms. The topological polar surface area (TPSA) is 26.3 Å². The Morgan fingerprint density at radius 3 is 3.06 bits per heavy atom. The van der Waals surface area contributed by atoms with Gasteiger partial charge in [0.05, 0.1) is 0 Å². The fraction of sp³-hybridized carbons (Fsp3) is 0.500. The Morgan fingerprint density at radius 1 is 1.53 bits per heavy atom. The molecule has 1 unspecified atom stereocenters. The predicted molar refractivity (Wildman–Crippen MR) is 63.4 cm³/mol. The van der Waals surface area contributed by atoms with Gasteiger partial charge in [-0.2, -0.15) is 0 Å². The first-order valence-electron chi connectivity index (χ1n) is 5.99. The molecule has 2 rings (SSSR count). The number of halogens is 1. The fourth-order valence-corrected chi connectivity index (χ4v) is 2.18. The van der Waals surface area contributed by atoms with Crippen molar-refractivity contribution in [1.29, 1.82) is 0 Å². The molecule has 0 radical (unpaired) electrons. The van der Waals surface area contributed by atoms with Crippen LogP contribution >= 0.6 is 0 Å². The molecule has 1 atom stereocenters. The molecule has 0 spiro atoms. The van der Waals surface area contributed by atoms with Crippen LogP contribution in [0.4, 0.5) is 4.39 Å². The van der Waals surface area contributed by atoms with Crippen LogP contribution in [0.1, 0.15) is 24.0 Å². The second kappa shape index (κ2) is 5.41. The van der Waals surface area contributed by atoms with Crippen LogP contribution in [0.3, 0.4) is 0 Å². The molecule has 3 heteroatoms. The lowest BCUT2D eigenvalue weighted by atomic mass is 9.96. The maximum absolute atomic E-state index is 13.1. The first kappa shape index (κ1) is 12.2. The van der Waals surface area contributed by atoms with E-state index in [2.05, 4.69) is 0 Å². The molecule has 17 heavy (non-hydrogen) atoms. The van der Waals surface area contributed by atoms with E-state index in [1.165, 1.54) is 12.1 Å². The lowest BCUT2D eigenvalue weighted by molar-refractivity contribution is -0.119. The summed E-state index contributed by atoms with van der Waals surface area (Å²) >= 11 is 0. The Morgan fingerprint density at radius 2 is 2.35 bits per heavy atom. The number of carbonyl (C=O) groups excluding carboxylic acids is 1. The Kier molecular flexibility index (Phi) is 3.89. The van der Waals surface area contributed by atoms with Gasteiger partial charge >= 0.3 is 0 Å². The van der Waals surface area contributed by atoms with Gasteiger partial charge in [0, 0.05) is 26.1 Å². The van der Waals surface area contributed by atoms with Crippen LogP contribution in [0.15, 0.2) is 18.2 Å². The van der Waals surface area contributed by atoms with Crippen LogP contribution in [0.25, 0.3) is 0 Å². The molecule has 1 fully saturated rings. The Labute approximate surface area is 101 Å². The van der Waals surface area contributed by atoms with E-state index in [0.29, 0.717) is 25.4 Å². The van der Waals surface area contributed by atoms with E-state index >= 15 is 0 Å². The van der Waals surface area contributed by atoms with Crippen LogP contribution in [-0.2, 0) is 16.0 Å². The van der Waals surface area contributed by atoms with Crippen molar-refractivity contribution in [3.05, 3.63) is 35.1 Å². The molecule has 2 nitrogen and oxygen atoms in total. The van der Waals surface area contributed by atoms with E-state index in [4.69, 9.17) is 4.74 Å². The van der Waals surface area contributed by atoms with Crippen molar-refractivity contribution < 1.29 is 13.9 Å². The van der Waals surface area contributed by atoms with Crippen molar-refractivity contribution in [3.63, 3.8) is 0 Å². The van der Waals surface area contributed by atoms with Gasteiger partial charge in [0.2, 0.25) is 0 Å². The molecule has 0 aromatic heterocycles. The highest BCUT2D eigenvalue weighted by molar-refractivity contribution is 5.81. The van der Waals surface area contributed by atoms with Gasteiger partial charge < -0.3 is 4.74 Å². The van der Waals surface area contributed by atoms with Crippen LogP contribution < -0.4 is 0 Å². The molecule has 0 aliphatic carbocycles. The lowest BCUT2D eigenvalue weighted by Gasteiger charge is -2.08. The highest BCUT2D eigenvalue weighted by Gasteiger charge is 2.19. The van der Waals surface area contributed by atoms with E-state index < -0.39 is 0 Å². The zero-order valence-corrected chi connectivity index (χ0v) is 10.0. The Bertz CT molecular complexity index is 409. The minimum atomic E-state index is -0.275. The van der Waals surface area contributed by atoms with Crippen molar-refractivity contribution >= 4 is 5.78 Å². The third kappa shape index (κ3) is 3.37. The van der Waals surface area contributed by atoms with E-state index in [1.807, 2.05) is 6.92 Å². The maximum Gasteiger partial charge on any atom is 0.137 e. The monoisotopic (exact) mass is 236 g/mol. The Hall–Kier alpha value is -1.22. The second-order valence-corrected chi connectivity index (χ2v) is 4.72. The summed E-state index contributed by atoms with van der Waals surface area (Å²) in [6, 6.07) is 4.60. The molecule has 0 N–H and O–H groups in total. The van der Waals surface area contributed by atoms with Gasteiger partial charge in [-0.05, 0) is 42.5 Å². The number of carbonyl (C=O) groups is 1. The van der Waals surface area contributed by atoms with Crippen LogP contribution in [0, 0.1) is 18.7 Å². The summed E-state index contributed by atoms with van der Waals surface area (Å²) in [5, 5.41) is 0. The molecule has 1 aliphatic rings. The predicted octanol–water partition coefficient (Wildman–Crippen LogP) is 2.67. The van der Waals surface area contributed by atoms with E-state index in [-0.39, 0.29) is 11.6 Å². The largest absolute Gasteiger partial charge is 0.381 e. The number of ether oxygens (including phenoxy) is 1. The highest BCUT2D eigenvalue weighted by atomic mass is 19.1. The molecule has 92 valence electrons. The lowest BCUT2D eigenvalue weighted by Crippen LogP contribution is -2.11. The normalized spacial score (nSPS) is 19.5. The number of hydrogen-bond acceptors (Lipinski definition) is 2. The number of Topliss-reactive ketones (excluding diaryl/α,β-unsaturated/α-hetero) is 1. The first-order valence-corrected chi connectivity index (χ1v) is 5.99. The summed E-state index contributed by atoms with van der Waals surface area (Å²) in [6.45, 7) is 3.35. The number of aryl methyl sites for hydroxylation is 1. The highest BCUT2D eigenvalue weighted by Crippen LogP contribution is 2.19. The summed E-state index contributed by atoms with van der Waals surface area (Å²) in [6.07, 6.45) is 1.85. The summed E-state index contributed by atoms with van der Waals surface area (Å²) in [5.41, 5.74) is 1.77. The van der Waals surface area contributed by atoms with Gasteiger partial charge in [-0.3, -0.25) is 4.79 Å². The summed E-state index contributed by atoms with van der Waals surface area (Å²) in [7, 11) is 0. The first-order chi connectivity index (χ1) is 8.15. The SMILES string of the molecule is Cc1ccc(F)cc1CC(=O)CC1CCOC1. The number of ketones is 1. The van der Waals surface area contributed by atoms with Crippen LogP contribution in [0.5, 0.6) is 0 Å². The molecular formula is C14H17FO2. The van der Waals surface area contributed by atoms with Crippen molar-refractivity contribution in [1.82, 2.24) is 0 Å². The average Bonchev–Trinajstić information content (AvgIpc) is 2.76. The third-order valence-electron chi connectivity index (χ3n) is 3.24. The van der Waals surface area contributed by atoms with E-state index in [9.17, 15) is 9.18 Å². The van der Waals surface area contributed by atoms with Gasteiger partial charge in [-0.25, -0.2) is 4.39 Å². The van der Waals surface area contributed by atoms with E-state index in [1.54, 1.807) is 6.07 Å². The molecule has 0 amide bonds. The third-order valence-corrected chi connectivity index (χ3v) is 3.24. The molecule has 1 heterocycles. The minimum absolute atomic E-state index is 0.175. The van der Waals surface area contributed by atoms with Crippen molar-refractivity contribution in [3.8, 4) is 0 Å². The minimum Gasteiger partial charge on any atom is -0.381 e. The molecular weight excluding hydrogens is 219 g/mol. The van der Waals surface area contributed by atoms with Crippen molar-refractivity contribution in [2.75, 3.05) is 13.2 Å². The zero-order valence-electron chi connectivity index (χ0n) is 10.0. The van der Waals surface area contributed by atoms with Gasteiger partial charge in [0.15, 0.2) is 0 Å². The second-order valence-electron chi connectivity index (χ2n) is 4.72. The molecule has 0 saturated carbocycles. The smallest absolute Gasteiger partial charge is 0.137 e. The zero-order chi connectivity index (χ0) is 12.3. The van der Waals surface area contributed by atoms with Gasteiger partial charge in [0.25, 0.3) is 0 Å². The van der Waals surface area contributed by atoms with E-state index in [0.717, 1.165) is 24.2 Å².